The first kappa shape index (κ1) is 23.3. The number of pyridine rings is 1. The average Bonchev–Trinajstić information content (AvgIpc) is 3.29. The molecule has 1 atom stereocenters. The van der Waals surface area contributed by atoms with Gasteiger partial charge < -0.3 is 10.1 Å². The van der Waals surface area contributed by atoms with Gasteiger partial charge >= 0.3 is 0 Å². The molecule has 2 heterocycles. The molecule has 0 spiro atoms. The maximum absolute atomic E-state index is 13.6. The zero-order valence-electron chi connectivity index (χ0n) is 17.9. The Morgan fingerprint density at radius 1 is 1.12 bits per heavy atom. The van der Waals surface area contributed by atoms with Crippen molar-refractivity contribution in [1.29, 1.82) is 0 Å². The average molecular weight is 473 g/mol. The van der Waals surface area contributed by atoms with Gasteiger partial charge in [-0.25, -0.2) is 13.5 Å². The molecule has 0 radical (unpaired) electrons. The molecule has 2 aromatic heterocycles. The van der Waals surface area contributed by atoms with Crippen LogP contribution in [0, 0.1) is 23.3 Å². The van der Waals surface area contributed by atoms with Crippen molar-refractivity contribution in [2.24, 2.45) is 0 Å². The molecule has 34 heavy (non-hydrogen) atoms. The number of ketones is 1. The van der Waals surface area contributed by atoms with E-state index in [1.807, 2.05) is 37.3 Å². The van der Waals surface area contributed by atoms with Gasteiger partial charge in [-0.3, -0.25) is 9.78 Å². The number of hydrogen-bond acceptors (Lipinski definition) is 6. The zero-order chi connectivity index (χ0) is 24.2. The van der Waals surface area contributed by atoms with E-state index in [1.165, 1.54) is 4.68 Å². The molecule has 11 heteroatoms. The highest BCUT2D eigenvalue weighted by molar-refractivity contribution is 5.80. The number of carbonyl (C=O) groups is 1. The summed E-state index contributed by atoms with van der Waals surface area (Å²) < 4.78 is 59.6. The normalized spacial score (nSPS) is 12.1. The first-order chi connectivity index (χ1) is 16.3. The van der Waals surface area contributed by atoms with E-state index in [2.05, 4.69) is 25.3 Å². The maximum Gasteiger partial charge on any atom is 0.203 e. The lowest BCUT2D eigenvalue weighted by molar-refractivity contribution is -0.121. The fraction of sp³-hybridized carbons (Fsp3) is 0.217. The molecule has 0 amide bonds. The van der Waals surface area contributed by atoms with Crippen LogP contribution < -0.4 is 10.1 Å². The van der Waals surface area contributed by atoms with E-state index < -0.39 is 41.4 Å². The van der Waals surface area contributed by atoms with Crippen molar-refractivity contribution in [2.45, 2.75) is 26.1 Å². The minimum absolute atomic E-state index is 0.0582. The molecule has 4 aromatic rings. The minimum atomic E-state index is -1.71. The standard InChI is InChI=1S/C23H19F4N5O2/c1-13(29-9-14-4-5-19-15(7-14)3-2-6-28-19)20-11-32(31-30-20)10-16(33)12-34-23-21(26)17(24)8-18(25)22(23)27/h2-8,11,13,29H,9-10,12H2,1H3. The van der Waals surface area contributed by atoms with Crippen molar-refractivity contribution in [1.82, 2.24) is 25.3 Å². The van der Waals surface area contributed by atoms with Crippen LogP contribution in [0.1, 0.15) is 24.2 Å². The summed E-state index contributed by atoms with van der Waals surface area (Å²) in [5, 5.41) is 12.2. The topological polar surface area (TPSA) is 81.9 Å². The molecule has 1 unspecified atom stereocenters. The van der Waals surface area contributed by atoms with Crippen molar-refractivity contribution in [3.05, 3.63) is 83.3 Å². The third-order valence-corrected chi connectivity index (χ3v) is 5.07. The monoisotopic (exact) mass is 473 g/mol. The number of carbonyl (C=O) groups excluding carboxylic acids is 1. The number of nitrogens with zero attached hydrogens (tertiary/aromatic N) is 4. The molecule has 0 aliphatic rings. The van der Waals surface area contributed by atoms with Crippen molar-refractivity contribution in [3.8, 4) is 5.75 Å². The first-order valence-corrected chi connectivity index (χ1v) is 10.3. The molecule has 176 valence electrons. The van der Waals surface area contributed by atoms with Gasteiger partial charge in [0.25, 0.3) is 0 Å². The van der Waals surface area contributed by atoms with Crippen molar-refractivity contribution >= 4 is 16.7 Å². The number of hydrogen-bond donors (Lipinski definition) is 1. The molecule has 7 nitrogen and oxygen atoms in total. The fourth-order valence-corrected chi connectivity index (χ4v) is 3.26. The van der Waals surface area contributed by atoms with Crippen LogP contribution in [0.3, 0.4) is 0 Å². The van der Waals surface area contributed by atoms with Crippen LogP contribution >= 0.6 is 0 Å². The Hall–Kier alpha value is -3.86. The van der Waals surface area contributed by atoms with Gasteiger partial charge in [0.05, 0.1) is 23.4 Å². The Kier molecular flexibility index (Phi) is 6.82. The highest BCUT2D eigenvalue weighted by atomic mass is 19.2. The molecule has 0 aliphatic heterocycles. The first-order valence-electron chi connectivity index (χ1n) is 10.3. The molecule has 0 saturated heterocycles. The number of aromatic nitrogens is 4. The number of nitrogens with one attached hydrogen (secondary N) is 1. The number of fused-ring (bicyclic) bond motifs is 1. The molecule has 0 aliphatic carbocycles. The van der Waals surface area contributed by atoms with Crippen LogP contribution in [-0.4, -0.2) is 32.4 Å². The number of Topliss-reactive ketones (excluding diaryl/α,β-unsaturated/α-hetero) is 1. The highest BCUT2D eigenvalue weighted by Crippen LogP contribution is 2.26. The van der Waals surface area contributed by atoms with Crippen molar-refractivity contribution < 1.29 is 27.1 Å². The zero-order valence-corrected chi connectivity index (χ0v) is 17.9. The van der Waals surface area contributed by atoms with Crippen molar-refractivity contribution in [2.75, 3.05) is 6.61 Å². The molecular formula is C23H19F4N5O2. The number of benzene rings is 2. The van der Waals surface area contributed by atoms with Crippen LogP contribution in [0.5, 0.6) is 5.75 Å². The van der Waals surface area contributed by atoms with Crippen LogP contribution in [0.4, 0.5) is 17.6 Å². The van der Waals surface area contributed by atoms with Crippen LogP contribution in [0.15, 0.2) is 48.8 Å². The lowest BCUT2D eigenvalue weighted by Crippen LogP contribution is -2.20. The van der Waals surface area contributed by atoms with Crippen LogP contribution in [-0.2, 0) is 17.9 Å². The van der Waals surface area contributed by atoms with E-state index in [-0.39, 0.29) is 18.7 Å². The smallest absolute Gasteiger partial charge is 0.203 e. The largest absolute Gasteiger partial charge is 0.479 e. The quantitative estimate of drug-likeness (QED) is 0.294. The highest BCUT2D eigenvalue weighted by Gasteiger charge is 2.21. The molecule has 0 bridgehead atoms. The van der Waals surface area contributed by atoms with Crippen LogP contribution in [0.2, 0.25) is 0 Å². The Bertz CT molecular complexity index is 1320. The maximum atomic E-state index is 13.6. The van der Waals surface area contributed by atoms with Crippen molar-refractivity contribution in [3.63, 3.8) is 0 Å². The fourth-order valence-electron chi connectivity index (χ4n) is 3.26. The van der Waals surface area contributed by atoms with Gasteiger partial charge in [-0.15, -0.1) is 5.10 Å². The molecule has 0 fully saturated rings. The lowest BCUT2D eigenvalue weighted by atomic mass is 10.1. The second-order valence-corrected chi connectivity index (χ2v) is 7.60. The Labute approximate surface area is 191 Å². The summed E-state index contributed by atoms with van der Waals surface area (Å²) in [6.07, 6.45) is 3.28. The minimum Gasteiger partial charge on any atom is -0.479 e. The van der Waals surface area contributed by atoms with E-state index in [0.29, 0.717) is 12.2 Å². The number of ether oxygens (including phenoxy) is 1. The molecule has 2 aromatic carbocycles. The molecule has 1 N–H and O–H groups in total. The van der Waals surface area contributed by atoms with Gasteiger partial charge in [0.2, 0.25) is 11.6 Å². The van der Waals surface area contributed by atoms with Gasteiger partial charge in [-0.05, 0) is 30.7 Å². The SMILES string of the molecule is CC(NCc1ccc2ncccc2c1)c1cn(CC(=O)COc2c(F)c(F)cc(F)c2F)nn1. The summed E-state index contributed by atoms with van der Waals surface area (Å²) in [6, 6.07) is 9.67. The summed E-state index contributed by atoms with van der Waals surface area (Å²) in [5.74, 6) is -8.58. The lowest BCUT2D eigenvalue weighted by Gasteiger charge is -2.11. The van der Waals surface area contributed by atoms with E-state index >= 15 is 0 Å². The van der Waals surface area contributed by atoms with Gasteiger partial charge in [-0.1, -0.05) is 17.3 Å². The second-order valence-electron chi connectivity index (χ2n) is 7.60. The third-order valence-electron chi connectivity index (χ3n) is 5.07. The predicted molar refractivity (Wildman–Crippen MR) is 114 cm³/mol. The van der Waals surface area contributed by atoms with Gasteiger partial charge in [0.15, 0.2) is 23.2 Å². The Morgan fingerprint density at radius 2 is 1.88 bits per heavy atom. The third kappa shape index (κ3) is 5.20. The summed E-state index contributed by atoms with van der Waals surface area (Å²) >= 11 is 0. The number of rotatable bonds is 9. The van der Waals surface area contributed by atoms with Crippen LogP contribution in [0.25, 0.3) is 10.9 Å². The number of halogens is 4. The molecular weight excluding hydrogens is 454 g/mol. The van der Waals surface area contributed by atoms with Gasteiger partial charge in [-0.2, -0.15) is 8.78 Å². The van der Waals surface area contributed by atoms with E-state index in [4.69, 9.17) is 0 Å². The van der Waals surface area contributed by atoms with E-state index in [1.54, 1.807) is 12.4 Å². The van der Waals surface area contributed by atoms with Gasteiger partial charge in [0.1, 0.15) is 13.2 Å². The van der Waals surface area contributed by atoms with Gasteiger partial charge in [0, 0.05) is 24.2 Å². The summed E-state index contributed by atoms with van der Waals surface area (Å²) in [4.78, 5) is 16.4. The van der Waals surface area contributed by atoms with E-state index in [9.17, 15) is 22.4 Å². The Morgan fingerprint density at radius 3 is 2.65 bits per heavy atom. The summed E-state index contributed by atoms with van der Waals surface area (Å²) in [6.45, 7) is 1.33. The second kappa shape index (κ2) is 9.96. The summed E-state index contributed by atoms with van der Waals surface area (Å²) in [7, 11) is 0. The summed E-state index contributed by atoms with van der Waals surface area (Å²) in [5.41, 5.74) is 2.53. The molecule has 0 saturated carbocycles. The molecule has 4 rings (SSSR count). The Balaban J connectivity index is 1.31. The van der Waals surface area contributed by atoms with E-state index in [0.717, 1.165) is 16.5 Å². The predicted octanol–water partition coefficient (Wildman–Crippen LogP) is 3.88.